The molecule has 386 valence electrons. The Morgan fingerprint density at radius 1 is 0.291 bits per heavy atom. The zero-order chi connectivity index (χ0) is 53.3. The highest BCUT2D eigenvalue weighted by atomic mass is 32.1. The van der Waals surface area contributed by atoms with Gasteiger partial charge in [-0.1, -0.05) is 280 Å². The van der Waals surface area contributed by atoms with Crippen LogP contribution in [0.15, 0.2) is 291 Å². The van der Waals surface area contributed by atoms with Crippen molar-refractivity contribution in [2.45, 2.75) is 38.5 Å². The van der Waals surface area contributed by atoms with Gasteiger partial charge in [0.2, 0.25) is 0 Å². The monoisotopic (exact) mass is 1070 g/mol. The van der Waals surface area contributed by atoms with Crippen LogP contribution in [0.25, 0.3) is 49.7 Å². The lowest BCUT2D eigenvalue weighted by Crippen LogP contribution is -2.74. The molecule has 0 N–H and O–H groups in total. The van der Waals surface area contributed by atoms with E-state index in [9.17, 15) is 0 Å². The van der Waals surface area contributed by atoms with Crippen LogP contribution in [-0.2, 0) is 0 Å². The number of rotatable bonds is 20. The molecule has 5 heteroatoms. The van der Waals surface area contributed by atoms with Crippen LogP contribution in [-0.4, -0.2) is 33.1 Å². The quantitative estimate of drug-likeness (QED) is 0.0348. The maximum absolute atomic E-state index is 6.71. The van der Waals surface area contributed by atoms with E-state index < -0.39 is 16.1 Å². The molecule has 0 saturated carbocycles. The van der Waals surface area contributed by atoms with Crippen molar-refractivity contribution in [1.29, 1.82) is 0 Å². The second-order valence-corrected chi connectivity index (χ2v) is 28.9. The molecule has 0 spiro atoms. The van der Waals surface area contributed by atoms with Gasteiger partial charge in [0.05, 0.1) is 23.3 Å². The van der Waals surface area contributed by atoms with Crippen molar-refractivity contribution in [3.8, 4) is 33.7 Å². The zero-order valence-corrected chi connectivity index (χ0v) is 47.6. The third-order valence-electron chi connectivity index (χ3n) is 16.2. The summed E-state index contributed by atoms with van der Waals surface area (Å²) < 4.78 is 9.14. The van der Waals surface area contributed by atoms with E-state index in [1.807, 2.05) is 0 Å². The highest BCUT2D eigenvalue weighted by Crippen LogP contribution is 2.39. The highest BCUT2D eigenvalue weighted by Gasteiger charge is 2.42. The lowest BCUT2D eigenvalue weighted by Gasteiger charge is -2.34. The fraction of sp³-hybridized carbons (Fsp3) is 0.108. The molecule has 0 atom stereocenters. The molecule has 0 fully saturated rings. The Morgan fingerprint density at radius 2 is 0.595 bits per heavy atom. The van der Waals surface area contributed by atoms with E-state index in [0.717, 1.165) is 34.6 Å². The summed E-state index contributed by atoms with van der Waals surface area (Å²) in [4.78, 5) is 0. The van der Waals surface area contributed by atoms with Gasteiger partial charge in [-0.25, -0.2) is 0 Å². The molecular formula is C74H65NOSSi2. The van der Waals surface area contributed by atoms with Crippen molar-refractivity contribution in [3.05, 3.63) is 291 Å². The molecule has 0 aliphatic heterocycles. The molecular weight excluding hydrogens is 1010 g/mol. The number of ether oxygens (including phenoxy) is 1. The minimum Gasteiger partial charge on any atom is -0.491 e. The largest absolute Gasteiger partial charge is 0.491 e. The summed E-state index contributed by atoms with van der Waals surface area (Å²) in [6.45, 7) is 0.687. The Morgan fingerprint density at radius 3 is 0.962 bits per heavy atom. The SMILES string of the molecule is SCCCCCCCCOc1ccccc1-n1c2ccc(-c3ccc([Si](c4ccccc4)(c4ccccc4)c4ccccc4)cc3)cc2c2cc(-c3ccc([Si](c4ccccc4)(c4ccccc4)c4ccccc4)cc3)ccc21. The van der Waals surface area contributed by atoms with E-state index in [1.165, 1.54) is 107 Å². The first-order valence-corrected chi connectivity index (χ1v) is 32.8. The minimum absolute atomic E-state index is 0.687. The van der Waals surface area contributed by atoms with Crippen molar-refractivity contribution < 1.29 is 4.74 Å². The molecule has 0 unspecified atom stereocenters. The Balaban J connectivity index is 0.975. The number of nitrogens with zero attached hydrogens (tertiary/aromatic N) is 1. The molecule has 1 aromatic heterocycles. The van der Waals surface area contributed by atoms with Crippen molar-refractivity contribution >= 4 is 92.1 Å². The van der Waals surface area contributed by atoms with Gasteiger partial charge in [0.25, 0.3) is 0 Å². The van der Waals surface area contributed by atoms with Crippen LogP contribution in [0.5, 0.6) is 5.75 Å². The zero-order valence-electron chi connectivity index (χ0n) is 44.7. The highest BCUT2D eigenvalue weighted by molar-refractivity contribution is 7.80. The predicted octanol–water partition coefficient (Wildman–Crippen LogP) is 13.5. The number of para-hydroxylation sites is 2. The van der Waals surface area contributed by atoms with Gasteiger partial charge in [-0.05, 0) is 119 Å². The Kier molecular flexibility index (Phi) is 15.5. The number of fused-ring (bicyclic) bond motifs is 3. The molecule has 0 aliphatic rings. The summed E-state index contributed by atoms with van der Waals surface area (Å²) in [6.07, 6.45) is 7.12. The molecule has 0 aliphatic carbocycles. The molecule has 79 heavy (non-hydrogen) atoms. The van der Waals surface area contributed by atoms with E-state index in [2.05, 4.69) is 308 Å². The van der Waals surface area contributed by atoms with E-state index in [1.54, 1.807) is 0 Å². The molecule has 0 saturated heterocycles. The molecule has 0 radical (unpaired) electrons. The molecule has 12 aromatic rings. The summed E-state index contributed by atoms with van der Waals surface area (Å²) in [5.74, 6) is 1.87. The van der Waals surface area contributed by atoms with E-state index in [4.69, 9.17) is 4.74 Å². The van der Waals surface area contributed by atoms with Gasteiger partial charge in [-0.2, -0.15) is 12.6 Å². The minimum atomic E-state index is -2.69. The summed E-state index contributed by atoms with van der Waals surface area (Å²) in [6, 6.07) is 109. The van der Waals surface area contributed by atoms with Crippen molar-refractivity contribution in [3.63, 3.8) is 0 Å². The fourth-order valence-electron chi connectivity index (χ4n) is 12.5. The summed E-state index contributed by atoms with van der Waals surface area (Å²) >= 11 is 4.41. The standard InChI is InChI=1S/C74H65NOSSi2/c77-54-26-4-2-1-3-25-53-76-74-40-24-23-39-73(74)75-71-51-45-59(57-41-47-67(48-42-57)78(61-27-11-5-12-28-61,62-29-13-6-14-30-62)63-31-15-7-16-32-63)55-69(71)70-56-60(46-52-72(70)75)58-43-49-68(50-44-58)79(64-33-17-8-18-34-64,65-35-19-9-20-36-65)66-37-21-10-22-38-66/h5-24,27-52,55-56,77H,1-4,25-26,53-54H2. The van der Waals surface area contributed by atoms with Gasteiger partial charge in [0.15, 0.2) is 16.1 Å². The number of hydrogen-bond donors (Lipinski definition) is 1. The number of hydrogen-bond acceptors (Lipinski definition) is 2. The fourth-order valence-corrected chi connectivity index (χ4v) is 22.2. The summed E-state index contributed by atoms with van der Waals surface area (Å²) in [5, 5.41) is 13.3. The Labute approximate surface area is 474 Å². The van der Waals surface area contributed by atoms with Crippen LogP contribution in [0, 0.1) is 0 Å². The van der Waals surface area contributed by atoms with E-state index >= 15 is 0 Å². The van der Waals surface area contributed by atoms with E-state index in [0.29, 0.717) is 6.61 Å². The van der Waals surface area contributed by atoms with Gasteiger partial charge >= 0.3 is 0 Å². The van der Waals surface area contributed by atoms with Crippen molar-refractivity contribution in [2.75, 3.05) is 12.4 Å². The van der Waals surface area contributed by atoms with Crippen molar-refractivity contribution in [2.24, 2.45) is 0 Å². The van der Waals surface area contributed by atoms with Gasteiger partial charge in [-0.15, -0.1) is 0 Å². The van der Waals surface area contributed by atoms with Gasteiger partial charge in [0, 0.05) is 10.8 Å². The Hall–Kier alpha value is -8.20. The maximum atomic E-state index is 6.71. The van der Waals surface area contributed by atoms with Gasteiger partial charge in [0.1, 0.15) is 5.75 Å². The average molecular weight is 1070 g/mol. The first-order valence-electron chi connectivity index (χ1n) is 28.1. The topological polar surface area (TPSA) is 14.2 Å². The lowest BCUT2D eigenvalue weighted by atomic mass is 10.0. The molecule has 0 bridgehead atoms. The number of benzene rings is 11. The van der Waals surface area contributed by atoms with Crippen LogP contribution < -0.4 is 46.2 Å². The van der Waals surface area contributed by atoms with Crippen LogP contribution in [0.1, 0.15) is 38.5 Å². The summed E-state index contributed by atoms with van der Waals surface area (Å²) in [5.41, 5.74) is 8.09. The predicted molar refractivity (Wildman–Crippen MR) is 346 cm³/mol. The Bertz CT molecular complexity index is 3490. The second kappa shape index (κ2) is 23.8. The third kappa shape index (κ3) is 10.0. The first-order chi connectivity index (χ1) is 39.2. The summed E-state index contributed by atoms with van der Waals surface area (Å²) in [7, 11) is -5.37. The van der Waals surface area contributed by atoms with Crippen LogP contribution in [0.4, 0.5) is 0 Å². The molecule has 1 heterocycles. The maximum Gasteiger partial charge on any atom is 0.179 e. The van der Waals surface area contributed by atoms with Crippen molar-refractivity contribution in [1.82, 2.24) is 4.57 Å². The second-order valence-electron chi connectivity index (χ2n) is 20.8. The number of aromatic nitrogens is 1. The smallest absolute Gasteiger partial charge is 0.179 e. The number of thiol groups is 1. The lowest BCUT2D eigenvalue weighted by molar-refractivity contribution is 0.304. The average Bonchev–Trinajstić information content (AvgIpc) is 4.00. The van der Waals surface area contributed by atoms with Crippen LogP contribution in [0.3, 0.4) is 0 Å². The van der Waals surface area contributed by atoms with Gasteiger partial charge < -0.3 is 9.30 Å². The van der Waals surface area contributed by atoms with E-state index in [-0.39, 0.29) is 0 Å². The van der Waals surface area contributed by atoms with Crippen LogP contribution in [0.2, 0.25) is 0 Å². The van der Waals surface area contributed by atoms with Crippen LogP contribution >= 0.6 is 12.6 Å². The first kappa shape index (κ1) is 51.6. The molecule has 12 rings (SSSR count). The van der Waals surface area contributed by atoms with Gasteiger partial charge in [-0.3, -0.25) is 0 Å². The normalized spacial score (nSPS) is 11.8. The number of unbranched alkanes of at least 4 members (excludes halogenated alkanes) is 5. The molecule has 0 amide bonds. The third-order valence-corrected chi connectivity index (χ3v) is 26.1. The molecule has 2 nitrogen and oxygen atoms in total. The molecule has 11 aromatic carbocycles.